The van der Waals surface area contributed by atoms with Gasteiger partial charge in [0.25, 0.3) is 0 Å². The van der Waals surface area contributed by atoms with Crippen LogP contribution in [0.5, 0.6) is 0 Å². The molecule has 2 aromatic heterocycles. The topological polar surface area (TPSA) is 82.1 Å². The molecule has 0 unspecified atom stereocenters. The predicted molar refractivity (Wildman–Crippen MR) is 155 cm³/mol. The zero-order valence-corrected chi connectivity index (χ0v) is 22.4. The van der Waals surface area contributed by atoms with Crippen molar-refractivity contribution in [2.45, 2.75) is 34.1 Å². The quantitative estimate of drug-likeness (QED) is 0.316. The lowest BCUT2D eigenvalue weighted by molar-refractivity contribution is 0.607. The molecule has 1 aliphatic heterocycles. The van der Waals surface area contributed by atoms with Crippen LogP contribution in [0.2, 0.25) is 0 Å². The van der Waals surface area contributed by atoms with Gasteiger partial charge in [-0.15, -0.1) is 0 Å². The normalized spacial score (nSPS) is 14.2. The lowest BCUT2D eigenvalue weighted by atomic mass is 10.1. The zero-order chi connectivity index (χ0) is 25.8. The molecule has 1 fully saturated rings. The van der Waals surface area contributed by atoms with Crippen LogP contribution in [-0.2, 0) is 0 Å². The first-order valence-corrected chi connectivity index (χ1v) is 13.4. The van der Waals surface area contributed by atoms with Gasteiger partial charge >= 0.3 is 0 Å². The van der Waals surface area contributed by atoms with Gasteiger partial charge in [0.15, 0.2) is 0 Å². The summed E-state index contributed by atoms with van der Waals surface area (Å²) in [6.45, 7) is 14.5. The molecule has 37 heavy (non-hydrogen) atoms. The van der Waals surface area contributed by atoms with E-state index in [4.69, 9.17) is 0 Å². The van der Waals surface area contributed by atoms with Crippen LogP contribution in [0.1, 0.15) is 34.1 Å². The molecular weight excluding hydrogens is 460 g/mol. The third-order valence-electron chi connectivity index (χ3n) is 6.94. The fraction of sp³-hybridized carbons (Fsp3) is 0.448. The summed E-state index contributed by atoms with van der Waals surface area (Å²) < 4.78 is 0. The van der Waals surface area contributed by atoms with Crippen LogP contribution < -0.4 is 20.4 Å². The van der Waals surface area contributed by atoms with Gasteiger partial charge < -0.3 is 20.4 Å². The van der Waals surface area contributed by atoms with E-state index in [9.17, 15) is 0 Å². The summed E-state index contributed by atoms with van der Waals surface area (Å²) in [5.74, 6) is 3.06. The third kappa shape index (κ3) is 5.84. The van der Waals surface area contributed by atoms with Crippen molar-refractivity contribution in [3.63, 3.8) is 0 Å². The first-order valence-electron chi connectivity index (χ1n) is 13.4. The van der Waals surface area contributed by atoms with Crippen LogP contribution in [0.25, 0.3) is 21.8 Å². The van der Waals surface area contributed by atoms with E-state index in [0.717, 1.165) is 79.1 Å². The van der Waals surface area contributed by atoms with Gasteiger partial charge in [-0.2, -0.15) is 0 Å². The second-order valence-electron chi connectivity index (χ2n) is 10.7. The molecule has 0 radical (unpaired) electrons. The van der Waals surface area contributed by atoms with Gasteiger partial charge in [-0.05, 0) is 54.7 Å². The summed E-state index contributed by atoms with van der Waals surface area (Å²) in [6, 6.07) is 13.1. The molecule has 1 saturated heterocycles. The number of benzene rings is 2. The summed E-state index contributed by atoms with van der Waals surface area (Å²) in [5.41, 5.74) is 4.39. The summed E-state index contributed by atoms with van der Waals surface area (Å²) in [5, 5.41) is 9.09. The predicted octanol–water partition coefficient (Wildman–Crippen LogP) is 5.43. The van der Waals surface area contributed by atoms with Crippen molar-refractivity contribution in [2.24, 2.45) is 11.8 Å². The Bertz CT molecular complexity index is 1340. The van der Waals surface area contributed by atoms with Crippen LogP contribution in [0, 0.1) is 11.8 Å². The number of hydrogen-bond donors (Lipinski definition) is 2. The molecule has 0 amide bonds. The van der Waals surface area contributed by atoms with Gasteiger partial charge in [-0.3, -0.25) is 0 Å². The van der Waals surface area contributed by atoms with Crippen molar-refractivity contribution in [1.82, 2.24) is 19.9 Å². The van der Waals surface area contributed by atoms with Gasteiger partial charge in [0.2, 0.25) is 0 Å². The fourth-order valence-corrected chi connectivity index (χ4v) is 4.77. The summed E-state index contributed by atoms with van der Waals surface area (Å²) in [7, 11) is 0. The number of aromatic nitrogens is 4. The molecule has 3 heterocycles. The van der Waals surface area contributed by atoms with E-state index in [1.165, 1.54) is 11.4 Å². The lowest BCUT2D eigenvalue weighted by Crippen LogP contribution is -2.46. The van der Waals surface area contributed by atoms with Gasteiger partial charge in [0.1, 0.15) is 24.3 Å². The van der Waals surface area contributed by atoms with Gasteiger partial charge in [0.05, 0.1) is 11.0 Å². The second kappa shape index (κ2) is 11.2. The average molecular weight is 499 g/mol. The number of nitrogens with zero attached hydrogens (tertiary/aromatic N) is 6. The molecule has 0 saturated carbocycles. The minimum atomic E-state index is 0.559. The van der Waals surface area contributed by atoms with Gasteiger partial charge in [0, 0.05) is 61.4 Å². The maximum Gasteiger partial charge on any atom is 0.137 e. The van der Waals surface area contributed by atoms with Crippen molar-refractivity contribution in [3.05, 3.63) is 49.1 Å². The number of fused-ring (bicyclic) bond motifs is 2. The van der Waals surface area contributed by atoms with Crippen LogP contribution in [-0.4, -0.2) is 59.2 Å². The largest absolute Gasteiger partial charge is 0.369 e. The molecule has 2 aromatic carbocycles. The number of anilines is 4. The second-order valence-corrected chi connectivity index (χ2v) is 10.7. The Kier molecular flexibility index (Phi) is 7.53. The number of rotatable bonds is 9. The van der Waals surface area contributed by atoms with E-state index in [1.54, 1.807) is 12.7 Å². The highest BCUT2D eigenvalue weighted by atomic mass is 15.3. The molecule has 0 aliphatic carbocycles. The maximum absolute atomic E-state index is 4.56. The third-order valence-corrected chi connectivity index (χ3v) is 6.94. The van der Waals surface area contributed by atoms with Crippen molar-refractivity contribution < 1.29 is 0 Å². The maximum atomic E-state index is 4.56. The Morgan fingerprint density at radius 1 is 0.676 bits per heavy atom. The molecule has 8 heteroatoms. The molecule has 194 valence electrons. The molecule has 1 aliphatic rings. The highest BCUT2D eigenvalue weighted by Gasteiger charge is 2.19. The van der Waals surface area contributed by atoms with Crippen LogP contribution in [0.15, 0.2) is 49.1 Å². The van der Waals surface area contributed by atoms with Crippen molar-refractivity contribution in [2.75, 3.05) is 59.7 Å². The summed E-state index contributed by atoms with van der Waals surface area (Å²) in [6.07, 6.45) is 4.43. The number of nitrogens with one attached hydrogen (secondary N) is 2. The molecular formula is C29H38N8. The van der Waals surface area contributed by atoms with Gasteiger partial charge in [-0.25, -0.2) is 19.9 Å². The Labute approximate surface area is 219 Å². The number of hydrogen-bond acceptors (Lipinski definition) is 8. The fourth-order valence-electron chi connectivity index (χ4n) is 4.77. The summed E-state index contributed by atoms with van der Waals surface area (Å²) in [4.78, 5) is 22.9. The molecule has 0 spiro atoms. The molecule has 2 N–H and O–H groups in total. The number of piperazine rings is 1. The van der Waals surface area contributed by atoms with E-state index < -0.39 is 0 Å². The van der Waals surface area contributed by atoms with E-state index in [2.05, 4.69) is 104 Å². The Hall–Kier alpha value is -3.68. The summed E-state index contributed by atoms with van der Waals surface area (Å²) >= 11 is 0. The van der Waals surface area contributed by atoms with E-state index in [0.29, 0.717) is 11.8 Å². The van der Waals surface area contributed by atoms with Crippen molar-refractivity contribution >= 4 is 44.8 Å². The Balaban J connectivity index is 1.25. The molecule has 0 atom stereocenters. The monoisotopic (exact) mass is 498 g/mol. The standard InChI is InChI=1S/C29H38N8/c1-20(2)9-10-30-28-24-7-5-22(15-26(24)32-18-34-28)36-11-13-37(14-12-36)23-6-8-25-27(16-23)33-19-35-29(25)31-17-21(3)4/h5-8,15-16,18-21H,9-14,17H2,1-4H3,(H,30,32,34)(H,31,33,35). The zero-order valence-electron chi connectivity index (χ0n) is 22.4. The van der Waals surface area contributed by atoms with Crippen LogP contribution in [0.4, 0.5) is 23.0 Å². The Morgan fingerprint density at radius 3 is 1.68 bits per heavy atom. The Morgan fingerprint density at radius 2 is 1.19 bits per heavy atom. The molecule has 8 nitrogen and oxygen atoms in total. The average Bonchev–Trinajstić information content (AvgIpc) is 2.91. The minimum Gasteiger partial charge on any atom is -0.369 e. The first-order chi connectivity index (χ1) is 18.0. The SMILES string of the molecule is CC(C)CCNc1ncnc2cc(N3CCN(c4ccc5c(NCC(C)C)ncnc5c4)CC3)ccc12. The van der Waals surface area contributed by atoms with E-state index in [1.807, 2.05) is 0 Å². The highest BCUT2D eigenvalue weighted by Crippen LogP contribution is 2.28. The molecule has 5 rings (SSSR count). The highest BCUT2D eigenvalue weighted by molar-refractivity contribution is 5.92. The lowest BCUT2D eigenvalue weighted by Gasteiger charge is -2.37. The van der Waals surface area contributed by atoms with Crippen molar-refractivity contribution in [1.29, 1.82) is 0 Å². The minimum absolute atomic E-state index is 0.559. The first kappa shape index (κ1) is 25.0. The van der Waals surface area contributed by atoms with E-state index in [-0.39, 0.29) is 0 Å². The van der Waals surface area contributed by atoms with Gasteiger partial charge in [-0.1, -0.05) is 27.7 Å². The van der Waals surface area contributed by atoms with Crippen molar-refractivity contribution in [3.8, 4) is 0 Å². The molecule has 0 bridgehead atoms. The van der Waals surface area contributed by atoms with Crippen LogP contribution >= 0.6 is 0 Å². The van der Waals surface area contributed by atoms with E-state index >= 15 is 0 Å². The molecule has 4 aromatic rings. The smallest absolute Gasteiger partial charge is 0.137 e. The van der Waals surface area contributed by atoms with Crippen LogP contribution in [0.3, 0.4) is 0 Å².